The molecule has 78 valence electrons. The van der Waals surface area contributed by atoms with Crippen molar-refractivity contribution in [2.24, 2.45) is 5.73 Å². The summed E-state index contributed by atoms with van der Waals surface area (Å²) in [5.41, 5.74) is 6.49. The van der Waals surface area contributed by atoms with Crippen LogP contribution >= 0.6 is 0 Å². The van der Waals surface area contributed by atoms with Gasteiger partial charge in [0.05, 0.1) is 5.56 Å². The van der Waals surface area contributed by atoms with Gasteiger partial charge in [-0.1, -0.05) is 12.1 Å². The van der Waals surface area contributed by atoms with Crippen molar-refractivity contribution >= 4 is 0 Å². The van der Waals surface area contributed by atoms with Crippen molar-refractivity contribution in [3.05, 3.63) is 29.8 Å². The van der Waals surface area contributed by atoms with Crippen molar-refractivity contribution < 1.29 is 4.74 Å². The van der Waals surface area contributed by atoms with Gasteiger partial charge in [-0.05, 0) is 31.4 Å². The lowest BCUT2D eigenvalue weighted by Gasteiger charge is -2.18. The van der Waals surface area contributed by atoms with Crippen LogP contribution in [0.2, 0.25) is 0 Å². The van der Waals surface area contributed by atoms with E-state index in [1.165, 1.54) is 0 Å². The predicted molar refractivity (Wildman–Crippen MR) is 57.4 cm³/mol. The fourth-order valence-corrected chi connectivity index (χ4v) is 1.93. The molecule has 1 aromatic rings. The van der Waals surface area contributed by atoms with Crippen LogP contribution in [0.25, 0.3) is 0 Å². The average molecular weight is 202 g/mol. The van der Waals surface area contributed by atoms with Crippen LogP contribution in [-0.4, -0.2) is 12.1 Å². The van der Waals surface area contributed by atoms with Gasteiger partial charge in [0.1, 0.15) is 17.9 Å². The summed E-state index contributed by atoms with van der Waals surface area (Å²) in [5.74, 6) is 0.655. The van der Waals surface area contributed by atoms with Gasteiger partial charge in [-0.15, -0.1) is 0 Å². The van der Waals surface area contributed by atoms with Crippen molar-refractivity contribution in [3.8, 4) is 11.8 Å². The number of rotatable bonds is 2. The lowest BCUT2D eigenvalue weighted by molar-refractivity contribution is 0.191. The van der Waals surface area contributed by atoms with Gasteiger partial charge in [0.25, 0.3) is 0 Å². The topological polar surface area (TPSA) is 59.0 Å². The summed E-state index contributed by atoms with van der Waals surface area (Å²) in [6, 6.07) is 9.51. The molecule has 1 aliphatic rings. The highest BCUT2D eigenvalue weighted by atomic mass is 16.5. The first-order valence-electron chi connectivity index (χ1n) is 5.22. The quantitative estimate of drug-likeness (QED) is 0.795. The maximum absolute atomic E-state index is 8.90. The number of hydrogen-bond donors (Lipinski definition) is 1. The van der Waals surface area contributed by atoms with Crippen LogP contribution < -0.4 is 10.5 Å². The van der Waals surface area contributed by atoms with E-state index in [1.54, 1.807) is 6.07 Å². The molecule has 2 N–H and O–H groups in total. The zero-order chi connectivity index (χ0) is 10.7. The number of ether oxygens (including phenoxy) is 1. The van der Waals surface area contributed by atoms with Crippen molar-refractivity contribution in [1.29, 1.82) is 5.26 Å². The smallest absolute Gasteiger partial charge is 0.137 e. The first kappa shape index (κ1) is 10.0. The van der Waals surface area contributed by atoms with Gasteiger partial charge in [-0.25, -0.2) is 0 Å². The Balaban J connectivity index is 2.14. The van der Waals surface area contributed by atoms with Crippen molar-refractivity contribution in [2.45, 2.75) is 31.4 Å². The molecule has 2 unspecified atom stereocenters. The maximum Gasteiger partial charge on any atom is 0.137 e. The first-order chi connectivity index (χ1) is 7.31. The van der Waals surface area contributed by atoms with Crippen molar-refractivity contribution in [2.75, 3.05) is 0 Å². The second kappa shape index (κ2) is 4.33. The second-order valence-electron chi connectivity index (χ2n) is 3.86. The highest BCUT2D eigenvalue weighted by Gasteiger charge is 2.26. The van der Waals surface area contributed by atoms with Gasteiger partial charge in [0, 0.05) is 6.04 Å². The summed E-state index contributed by atoms with van der Waals surface area (Å²) >= 11 is 0. The Labute approximate surface area is 89.5 Å². The average Bonchev–Trinajstić information content (AvgIpc) is 2.65. The lowest BCUT2D eigenvalue weighted by atomic mass is 10.2. The Morgan fingerprint density at radius 2 is 2.13 bits per heavy atom. The van der Waals surface area contributed by atoms with Crippen LogP contribution in [0, 0.1) is 11.3 Å². The van der Waals surface area contributed by atoms with E-state index in [0.29, 0.717) is 11.3 Å². The first-order valence-corrected chi connectivity index (χ1v) is 5.22. The zero-order valence-corrected chi connectivity index (χ0v) is 8.52. The Morgan fingerprint density at radius 1 is 1.33 bits per heavy atom. The lowest BCUT2D eigenvalue weighted by Crippen LogP contribution is -2.33. The molecule has 1 fully saturated rings. The predicted octanol–water partition coefficient (Wildman–Crippen LogP) is 1.82. The second-order valence-corrected chi connectivity index (χ2v) is 3.86. The fourth-order valence-electron chi connectivity index (χ4n) is 1.93. The molecule has 2 atom stereocenters. The molecule has 2 rings (SSSR count). The van der Waals surface area contributed by atoms with Crippen LogP contribution in [0.15, 0.2) is 24.3 Å². The normalized spacial score (nSPS) is 24.8. The molecule has 0 radical (unpaired) electrons. The standard InChI is InChI=1S/C12H14N2O/c13-8-9-4-1-2-6-11(9)15-12-7-3-5-10(12)14/h1-2,4,6,10,12H,3,5,7,14H2. The minimum absolute atomic E-state index is 0.0690. The fraction of sp³-hybridized carbons (Fsp3) is 0.417. The molecule has 1 aromatic carbocycles. The number of nitrogens with zero attached hydrogens (tertiary/aromatic N) is 1. The van der Waals surface area contributed by atoms with Crippen LogP contribution in [0.4, 0.5) is 0 Å². The van der Waals surface area contributed by atoms with E-state index in [-0.39, 0.29) is 12.1 Å². The summed E-state index contributed by atoms with van der Waals surface area (Å²) in [7, 11) is 0. The summed E-state index contributed by atoms with van der Waals surface area (Å²) in [4.78, 5) is 0. The Bertz CT molecular complexity index is 383. The van der Waals surface area contributed by atoms with Gasteiger partial charge in [-0.3, -0.25) is 0 Å². The molecule has 3 nitrogen and oxygen atoms in total. The van der Waals surface area contributed by atoms with Crippen molar-refractivity contribution in [3.63, 3.8) is 0 Å². The van der Waals surface area contributed by atoms with Gasteiger partial charge in [0.15, 0.2) is 0 Å². The maximum atomic E-state index is 8.90. The molecule has 0 aliphatic heterocycles. The van der Waals surface area contributed by atoms with Gasteiger partial charge >= 0.3 is 0 Å². The van der Waals surface area contributed by atoms with E-state index in [4.69, 9.17) is 15.7 Å². The molecule has 0 heterocycles. The van der Waals surface area contributed by atoms with Gasteiger partial charge in [-0.2, -0.15) is 5.26 Å². The summed E-state index contributed by atoms with van der Waals surface area (Å²) in [6.07, 6.45) is 3.18. The van der Waals surface area contributed by atoms with Crippen LogP contribution in [0.1, 0.15) is 24.8 Å². The monoisotopic (exact) mass is 202 g/mol. The number of hydrogen-bond acceptors (Lipinski definition) is 3. The van der Waals surface area contributed by atoms with Gasteiger partial charge in [0.2, 0.25) is 0 Å². The van der Waals surface area contributed by atoms with E-state index in [1.807, 2.05) is 18.2 Å². The van der Waals surface area contributed by atoms with Crippen LogP contribution in [0.3, 0.4) is 0 Å². The largest absolute Gasteiger partial charge is 0.487 e. The third-order valence-electron chi connectivity index (χ3n) is 2.79. The van der Waals surface area contributed by atoms with E-state index in [2.05, 4.69) is 6.07 Å². The summed E-state index contributed by atoms with van der Waals surface area (Å²) in [5, 5.41) is 8.90. The molecule has 1 aliphatic carbocycles. The minimum Gasteiger partial charge on any atom is -0.487 e. The van der Waals surface area contributed by atoms with Crippen LogP contribution in [-0.2, 0) is 0 Å². The third kappa shape index (κ3) is 2.11. The highest BCUT2D eigenvalue weighted by Crippen LogP contribution is 2.25. The molecule has 0 saturated heterocycles. The number of para-hydroxylation sites is 1. The van der Waals surface area contributed by atoms with Gasteiger partial charge < -0.3 is 10.5 Å². The molecular weight excluding hydrogens is 188 g/mol. The number of nitriles is 1. The molecule has 0 aromatic heterocycles. The molecular formula is C12H14N2O. The Kier molecular flexibility index (Phi) is 2.89. The molecule has 15 heavy (non-hydrogen) atoms. The number of nitrogens with two attached hydrogens (primary N) is 1. The van der Waals surface area contributed by atoms with Crippen molar-refractivity contribution in [1.82, 2.24) is 0 Å². The van der Waals surface area contributed by atoms with E-state index in [9.17, 15) is 0 Å². The highest BCUT2D eigenvalue weighted by molar-refractivity contribution is 5.42. The molecule has 0 spiro atoms. The molecule has 1 saturated carbocycles. The summed E-state index contributed by atoms with van der Waals surface area (Å²) in [6.45, 7) is 0. The number of benzene rings is 1. The van der Waals surface area contributed by atoms with E-state index in [0.717, 1.165) is 19.3 Å². The Hall–Kier alpha value is -1.53. The molecule has 0 bridgehead atoms. The van der Waals surface area contributed by atoms with E-state index >= 15 is 0 Å². The zero-order valence-electron chi connectivity index (χ0n) is 8.52. The molecule has 3 heteroatoms. The minimum atomic E-state index is 0.0690. The Morgan fingerprint density at radius 3 is 2.80 bits per heavy atom. The molecule has 0 amide bonds. The summed E-state index contributed by atoms with van der Waals surface area (Å²) < 4.78 is 5.76. The third-order valence-corrected chi connectivity index (χ3v) is 2.79. The SMILES string of the molecule is N#Cc1ccccc1OC1CCCC1N. The van der Waals surface area contributed by atoms with Crippen LogP contribution in [0.5, 0.6) is 5.75 Å². The van der Waals surface area contributed by atoms with E-state index < -0.39 is 0 Å².